The molecule has 98 valence electrons. The van der Waals surface area contributed by atoms with Crippen LogP contribution in [0.25, 0.3) is 0 Å². The fraction of sp³-hybridized carbons (Fsp3) is 0.462. The Hall–Kier alpha value is -1.75. The lowest BCUT2D eigenvalue weighted by atomic mass is 9.94. The summed E-state index contributed by atoms with van der Waals surface area (Å²) in [6.07, 6.45) is 0.638. The van der Waals surface area contributed by atoms with E-state index in [9.17, 15) is 9.90 Å². The molecule has 1 saturated heterocycles. The van der Waals surface area contributed by atoms with Gasteiger partial charge in [-0.15, -0.1) is 0 Å². The first kappa shape index (κ1) is 12.7. The van der Waals surface area contributed by atoms with Crippen LogP contribution in [0.15, 0.2) is 18.2 Å². The normalized spacial score (nSPS) is 22.8. The monoisotopic (exact) mass is 251 g/mol. The lowest BCUT2D eigenvalue weighted by Gasteiger charge is -2.18. The summed E-state index contributed by atoms with van der Waals surface area (Å²) in [6.45, 7) is 0.709. The van der Waals surface area contributed by atoms with Gasteiger partial charge in [0.2, 0.25) is 0 Å². The maximum Gasteiger partial charge on any atom is 0.308 e. The summed E-state index contributed by atoms with van der Waals surface area (Å²) >= 11 is 0. The van der Waals surface area contributed by atoms with Crippen LogP contribution in [0, 0.1) is 5.92 Å². The second kappa shape index (κ2) is 5.27. The van der Waals surface area contributed by atoms with Crippen molar-refractivity contribution in [1.29, 1.82) is 0 Å². The number of aliphatic carboxylic acids is 1. The Kier molecular flexibility index (Phi) is 3.72. The van der Waals surface area contributed by atoms with Crippen LogP contribution in [-0.2, 0) is 4.79 Å². The molecule has 1 fully saturated rings. The van der Waals surface area contributed by atoms with Crippen LogP contribution < -0.4 is 14.8 Å². The van der Waals surface area contributed by atoms with Crippen molar-refractivity contribution in [2.45, 2.75) is 12.5 Å². The molecule has 0 aromatic heterocycles. The molecular weight excluding hydrogens is 234 g/mol. The average molecular weight is 251 g/mol. The average Bonchev–Trinajstić information content (AvgIpc) is 2.87. The van der Waals surface area contributed by atoms with Crippen LogP contribution in [-0.4, -0.2) is 31.8 Å². The molecule has 1 aliphatic heterocycles. The molecule has 0 bridgehead atoms. The number of benzene rings is 1. The Balaban J connectivity index is 2.34. The molecule has 18 heavy (non-hydrogen) atoms. The third-order valence-electron chi connectivity index (χ3n) is 3.27. The van der Waals surface area contributed by atoms with Gasteiger partial charge in [0, 0.05) is 12.1 Å². The number of hydrogen-bond donors (Lipinski definition) is 2. The van der Waals surface area contributed by atoms with Gasteiger partial charge in [0.05, 0.1) is 20.1 Å². The van der Waals surface area contributed by atoms with Crippen molar-refractivity contribution in [2.24, 2.45) is 5.92 Å². The number of hydrogen-bond acceptors (Lipinski definition) is 4. The summed E-state index contributed by atoms with van der Waals surface area (Å²) in [5.74, 6) is 0.165. The maximum absolute atomic E-state index is 11.2. The van der Waals surface area contributed by atoms with Crippen LogP contribution in [0.1, 0.15) is 18.0 Å². The third kappa shape index (κ3) is 2.41. The highest BCUT2D eigenvalue weighted by atomic mass is 16.5. The molecular formula is C13H17NO4. The van der Waals surface area contributed by atoms with Gasteiger partial charge in [0.25, 0.3) is 0 Å². The van der Waals surface area contributed by atoms with Gasteiger partial charge in [-0.25, -0.2) is 0 Å². The van der Waals surface area contributed by atoms with Gasteiger partial charge in [0.15, 0.2) is 0 Å². The van der Waals surface area contributed by atoms with Crippen molar-refractivity contribution in [3.05, 3.63) is 23.8 Å². The SMILES string of the molecule is COc1cc(OC)cc(C2NCCC2C(=O)O)c1. The second-order valence-corrected chi connectivity index (χ2v) is 4.31. The number of carboxylic acids is 1. The van der Waals surface area contributed by atoms with Crippen molar-refractivity contribution in [3.63, 3.8) is 0 Å². The van der Waals surface area contributed by atoms with Crippen LogP contribution in [0.2, 0.25) is 0 Å². The summed E-state index contributed by atoms with van der Waals surface area (Å²) in [6, 6.07) is 5.28. The number of rotatable bonds is 4. The predicted molar refractivity (Wildman–Crippen MR) is 66.0 cm³/mol. The molecule has 2 N–H and O–H groups in total. The van der Waals surface area contributed by atoms with E-state index in [-0.39, 0.29) is 6.04 Å². The first-order valence-corrected chi connectivity index (χ1v) is 5.85. The zero-order chi connectivity index (χ0) is 13.1. The summed E-state index contributed by atoms with van der Waals surface area (Å²) in [7, 11) is 3.16. The minimum Gasteiger partial charge on any atom is -0.497 e. The molecule has 5 heteroatoms. The Labute approximate surface area is 106 Å². The smallest absolute Gasteiger partial charge is 0.308 e. The van der Waals surface area contributed by atoms with Gasteiger partial charge in [0.1, 0.15) is 11.5 Å². The van der Waals surface area contributed by atoms with Gasteiger partial charge in [-0.1, -0.05) is 0 Å². The van der Waals surface area contributed by atoms with E-state index in [2.05, 4.69) is 5.32 Å². The van der Waals surface area contributed by atoms with Crippen molar-refractivity contribution < 1.29 is 19.4 Å². The molecule has 1 aromatic rings. The van der Waals surface area contributed by atoms with Crippen LogP contribution in [0.3, 0.4) is 0 Å². The molecule has 1 aromatic carbocycles. The van der Waals surface area contributed by atoms with Gasteiger partial charge in [-0.3, -0.25) is 4.79 Å². The summed E-state index contributed by atoms with van der Waals surface area (Å²) in [4.78, 5) is 11.2. The largest absolute Gasteiger partial charge is 0.497 e. The molecule has 0 radical (unpaired) electrons. The summed E-state index contributed by atoms with van der Waals surface area (Å²) in [5.41, 5.74) is 0.885. The van der Waals surface area contributed by atoms with Crippen molar-refractivity contribution in [2.75, 3.05) is 20.8 Å². The third-order valence-corrected chi connectivity index (χ3v) is 3.27. The number of methoxy groups -OCH3 is 2. The Morgan fingerprint density at radius 1 is 1.28 bits per heavy atom. The first-order chi connectivity index (χ1) is 8.65. The van der Waals surface area contributed by atoms with E-state index in [4.69, 9.17) is 9.47 Å². The lowest BCUT2D eigenvalue weighted by molar-refractivity contribution is -0.142. The van der Waals surface area contributed by atoms with E-state index in [0.717, 1.165) is 5.56 Å². The Morgan fingerprint density at radius 3 is 2.39 bits per heavy atom. The molecule has 0 spiro atoms. The van der Waals surface area contributed by atoms with Crippen LogP contribution in [0.4, 0.5) is 0 Å². The van der Waals surface area contributed by atoms with Gasteiger partial charge in [-0.2, -0.15) is 0 Å². The molecule has 0 amide bonds. The number of carboxylic acid groups (broad SMARTS) is 1. The van der Waals surface area contributed by atoms with E-state index in [0.29, 0.717) is 24.5 Å². The number of nitrogens with one attached hydrogen (secondary N) is 1. The fourth-order valence-corrected chi connectivity index (χ4v) is 2.33. The number of carbonyl (C=O) groups is 1. The topological polar surface area (TPSA) is 67.8 Å². The molecule has 2 unspecified atom stereocenters. The maximum atomic E-state index is 11.2. The van der Waals surface area contributed by atoms with Crippen LogP contribution >= 0.6 is 0 Å². The van der Waals surface area contributed by atoms with Crippen LogP contribution in [0.5, 0.6) is 11.5 Å². The number of ether oxygens (including phenoxy) is 2. The summed E-state index contributed by atoms with van der Waals surface area (Å²) in [5, 5.41) is 12.4. The van der Waals surface area contributed by atoms with Crippen molar-refractivity contribution in [1.82, 2.24) is 5.32 Å². The fourth-order valence-electron chi connectivity index (χ4n) is 2.33. The Morgan fingerprint density at radius 2 is 1.89 bits per heavy atom. The molecule has 0 aliphatic carbocycles. The van der Waals surface area contributed by atoms with E-state index in [1.165, 1.54) is 0 Å². The highest BCUT2D eigenvalue weighted by molar-refractivity contribution is 5.72. The standard InChI is InChI=1S/C13H17NO4/c1-17-9-5-8(6-10(7-9)18-2)12-11(13(15)16)3-4-14-12/h5-7,11-12,14H,3-4H2,1-2H3,(H,15,16). The minimum atomic E-state index is -0.771. The predicted octanol–water partition coefficient (Wildman–Crippen LogP) is 1.44. The second-order valence-electron chi connectivity index (χ2n) is 4.31. The Bertz CT molecular complexity index is 424. The molecule has 2 rings (SSSR count). The highest BCUT2D eigenvalue weighted by Gasteiger charge is 2.34. The van der Waals surface area contributed by atoms with Crippen molar-refractivity contribution >= 4 is 5.97 Å². The molecule has 1 aliphatic rings. The van der Waals surface area contributed by atoms with E-state index >= 15 is 0 Å². The van der Waals surface area contributed by atoms with Gasteiger partial charge >= 0.3 is 5.97 Å². The van der Waals surface area contributed by atoms with Gasteiger partial charge < -0.3 is 19.9 Å². The molecule has 0 saturated carbocycles. The molecule has 1 heterocycles. The van der Waals surface area contributed by atoms with E-state index in [1.807, 2.05) is 12.1 Å². The minimum absolute atomic E-state index is 0.188. The lowest BCUT2D eigenvalue weighted by Crippen LogP contribution is -2.23. The first-order valence-electron chi connectivity index (χ1n) is 5.85. The van der Waals surface area contributed by atoms with E-state index < -0.39 is 11.9 Å². The molecule has 5 nitrogen and oxygen atoms in total. The zero-order valence-corrected chi connectivity index (χ0v) is 10.5. The van der Waals surface area contributed by atoms with Crippen molar-refractivity contribution in [3.8, 4) is 11.5 Å². The van der Waals surface area contributed by atoms with E-state index in [1.54, 1.807) is 20.3 Å². The van der Waals surface area contributed by atoms with Gasteiger partial charge in [-0.05, 0) is 30.7 Å². The zero-order valence-electron chi connectivity index (χ0n) is 10.5. The summed E-state index contributed by atoms with van der Waals surface area (Å²) < 4.78 is 10.4. The quantitative estimate of drug-likeness (QED) is 0.847. The highest BCUT2D eigenvalue weighted by Crippen LogP contribution is 2.34. The molecule has 2 atom stereocenters.